The van der Waals surface area contributed by atoms with Gasteiger partial charge in [-0.2, -0.15) is 0 Å². The maximum absolute atomic E-state index is 3.40. The normalized spacial score (nSPS) is 16.5. The van der Waals surface area contributed by atoms with Crippen molar-refractivity contribution in [3.05, 3.63) is 0 Å². The summed E-state index contributed by atoms with van der Waals surface area (Å²) in [6.45, 7) is 14.9. The average Bonchev–Trinajstić information content (AvgIpc) is 2.41. The van der Waals surface area contributed by atoms with Crippen LogP contribution < -0.4 is 5.32 Å². The smallest absolute Gasteiger partial charge is 0.0107 e. The number of nitrogens with one attached hydrogen (secondary N) is 1. The molecular weight excluding hydrogens is 220 g/mol. The number of rotatable bonds is 8. The Bertz CT molecular complexity index is 151. The Labute approximate surface area is 116 Å². The van der Waals surface area contributed by atoms with Gasteiger partial charge in [0, 0.05) is 26.2 Å². The Kier molecular flexibility index (Phi) is 13.3. The predicted molar refractivity (Wildman–Crippen MR) is 83.2 cm³/mol. The van der Waals surface area contributed by atoms with Gasteiger partial charge in [0.2, 0.25) is 0 Å². The van der Waals surface area contributed by atoms with E-state index in [9.17, 15) is 0 Å². The summed E-state index contributed by atoms with van der Waals surface area (Å²) in [6, 6.07) is 0. The van der Waals surface area contributed by atoms with Crippen molar-refractivity contribution in [2.24, 2.45) is 5.92 Å². The van der Waals surface area contributed by atoms with E-state index in [1.54, 1.807) is 0 Å². The second kappa shape index (κ2) is 13.4. The molecule has 2 heteroatoms. The van der Waals surface area contributed by atoms with Gasteiger partial charge in [-0.25, -0.2) is 0 Å². The fraction of sp³-hybridized carbons (Fsp3) is 1.00. The van der Waals surface area contributed by atoms with Crippen molar-refractivity contribution >= 4 is 0 Å². The average molecular weight is 256 g/mol. The first-order chi connectivity index (χ1) is 8.79. The molecule has 0 bridgehead atoms. The van der Waals surface area contributed by atoms with E-state index >= 15 is 0 Å². The zero-order valence-electron chi connectivity index (χ0n) is 13.3. The lowest BCUT2D eigenvalue weighted by molar-refractivity contribution is 0.236. The molecule has 0 amide bonds. The molecule has 0 aromatic rings. The highest BCUT2D eigenvalue weighted by atomic mass is 15.2. The fourth-order valence-electron chi connectivity index (χ4n) is 2.35. The molecule has 0 aromatic heterocycles. The van der Waals surface area contributed by atoms with Crippen molar-refractivity contribution in [2.75, 3.05) is 32.7 Å². The molecule has 1 N–H and O–H groups in total. The summed E-state index contributed by atoms with van der Waals surface area (Å²) in [5.74, 6) is 0.890. The Hall–Kier alpha value is -0.0800. The van der Waals surface area contributed by atoms with Crippen LogP contribution in [-0.2, 0) is 0 Å². The largest absolute Gasteiger partial charge is 0.314 e. The summed E-state index contributed by atoms with van der Waals surface area (Å²) in [5.41, 5.74) is 0. The first kappa shape index (κ1) is 17.9. The zero-order valence-corrected chi connectivity index (χ0v) is 13.3. The molecule has 0 unspecified atom stereocenters. The molecule has 0 spiro atoms. The lowest BCUT2D eigenvalue weighted by Crippen LogP contribution is -2.43. The van der Waals surface area contributed by atoms with E-state index in [0.29, 0.717) is 0 Å². The van der Waals surface area contributed by atoms with E-state index in [2.05, 4.69) is 24.1 Å². The van der Waals surface area contributed by atoms with Crippen LogP contribution in [-0.4, -0.2) is 37.6 Å². The highest BCUT2D eigenvalue weighted by molar-refractivity contribution is 4.67. The molecule has 18 heavy (non-hydrogen) atoms. The Morgan fingerprint density at radius 3 is 2.06 bits per heavy atom. The van der Waals surface area contributed by atoms with Crippen molar-refractivity contribution in [1.82, 2.24) is 10.2 Å². The van der Waals surface area contributed by atoms with E-state index in [-0.39, 0.29) is 0 Å². The van der Waals surface area contributed by atoms with Crippen molar-refractivity contribution in [2.45, 2.75) is 66.2 Å². The Morgan fingerprint density at radius 2 is 1.44 bits per heavy atom. The van der Waals surface area contributed by atoms with Gasteiger partial charge in [-0.1, -0.05) is 59.8 Å². The molecule has 0 saturated carbocycles. The second-order valence-electron chi connectivity index (χ2n) is 5.54. The van der Waals surface area contributed by atoms with Gasteiger partial charge in [-0.3, -0.25) is 0 Å². The molecule has 0 atom stereocenters. The molecule has 1 fully saturated rings. The van der Waals surface area contributed by atoms with Crippen molar-refractivity contribution in [1.29, 1.82) is 0 Å². The van der Waals surface area contributed by atoms with Gasteiger partial charge in [0.1, 0.15) is 0 Å². The summed E-state index contributed by atoms with van der Waals surface area (Å²) in [6.07, 6.45) is 8.57. The summed E-state index contributed by atoms with van der Waals surface area (Å²) in [5, 5.41) is 3.40. The molecule has 1 aliphatic rings. The molecular formula is C16H36N2. The summed E-state index contributed by atoms with van der Waals surface area (Å²) < 4.78 is 0. The lowest BCUT2D eigenvalue weighted by Gasteiger charge is -2.27. The maximum Gasteiger partial charge on any atom is 0.0107 e. The van der Waals surface area contributed by atoms with Crippen LogP contribution in [0.1, 0.15) is 66.2 Å². The van der Waals surface area contributed by atoms with Crippen LogP contribution in [0.4, 0.5) is 0 Å². The number of unbranched alkanes of at least 4 members (excludes halogenated alkanes) is 4. The molecule has 1 rings (SSSR count). The van der Waals surface area contributed by atoms with E-state index in [4.69, 9.17) is 0 Å². The lowest BCUT2D eigenvalue weighted by atomic mass is 10.0. The van der Waals surface area contributed by atoms with E-state index < -0.39 is 0 Å². The highest BCUT2D eigenvalue weighted by Crippen LogP contribution is 2.10. The maximum atomic E-state index is 3.40. The highest BCUT2D eigenvalue weighted by Gasteiger charge is 2.07. The second-order valence-corrected chi connectivity index (χ2v) is 5.54. The van der Waals surface area contributed by atoms with Crippen LogP contribution in [0.3, 0.4) is 0 Å². The molecule has 1 saturated heterocycles. The fourth-order valence-corrected chi connectivity index (χ4v) is 2.35. The van der Waals surface area contributed by atoms with Crippen LogP contribution in [0.2, 0.25) is 0 Å². The third kappa shape index (κ3) is 11.0. The first-order valence-corrected chi connectivity index (χ1v) is 8.22. The van der Waals surface area contributed by atoms with E-state index in [0.717, 1.165) is 5.92 Å². The van der Waals surface area contributed by atoms with E-state index in [1.807, 2.05) is 13.8 Å². The molecule has 110 valence electrons. The number of hydrogen-bond donors (Lipinski definition) is 1. The third-order valence-corrected chi connectivity index (χ3v) is 3.47. The Balaban J connectivity index is 0.00000137. The molecule has 0 aliphatic carbocycles. The molecule has 1 heterocycles. The SMILES string of the molecule is CC.CC(C)CCCCCCCN1CCNCC1. The minimum absolute atomic E-state index is 0.890. The van der Waals surface area contributed by atoms with E-state index in [1.165, 1.54) is 71.2 Å². The van der Waals surface area contributed by atoms with Crippen LogP contribution >= 0.6 is 0 Å². The van der Waals surface area contributed by atoms with Gasteiger partial charge in [0.15, 0.2) is 0 Å². The van der Waals surface area contributed by atoms with Crippen LogP contribution in [0, 0.1) is 5.92 Å². The van der Waals surface area contributed by atoms with Crippen LogP contribution in [0.25, 0.3) is 0 Å². The van der Waals surface area contributed by atoms with Crippen LogP contribution in [0.15, 0.2) is 0 Å². The number of hydrogen-bond acceptors (Lipinski definition) is 2. The quantitative estimate of drug-likeness (QED) is 0.662. The van der Waals surface area contributed by atoms with Gasteiger partial charge in [0.25, 0.3) is 0 Å². The zero-order chi connectivity index (χ0) is 13.6. The van der Waals surface area contributed by atoms with Gasteiger partial charge in [0.05, 0.1) is 0 Å². The Morgan fingerprint density at radius 1 is 0.889 bits per heavy atom. The molecule has 2 nitrogen and oxygen atoms in total. The third-order valence-electron chi connectivity index (χ3n) is 3.47. The van der Waals surface area contributed by atoms with Crippen molar-refractivity contribution in [3.8, 4) is 0 Å². The predicted octanol–water partition coefficient (Wildman–Crippen LogP) is 3.91. The number of piperazine rings is 1. The van der Waals surface area contributed by atoms with Crippen molar-refractivity contribution < 1.29 is 0 Å². The standard InChI is InChI=1S/C14H30N2.C2H6/c1-14(2)8-6-4-3-5-7-11-16-12-9-15-10-13-16;1-2/h14-15H,3-13H2,1-2H3;1-2H3. The van der Waals surface area contributed by atoms with Gasteiger partial charge >= 0.3 is 0 Å². The molecule has 0 aromatic carbocycles. The summed E-state index contributed by atoms with van der Waals surface area (Å²) in [7, 11) is 0. The van der Waals surface area contributed by atoms with Gasteiger partial charge < -0.3 is 10.2 Å². The van der Waals surface area contributed by atoms with Gasteiger partial charge in [-0.05, 0) is 18.9 Å². The summed E-state index contributed by atoms with van der Waals surface area (Å²) >= 11 is 0. The number of nitrogens with zero attached hydrogens (tertiary/aromatic N) is 1. The summed E-state index contributed by atoms with van der Waals surface area (Å²) in [4.78, 5) is 2.60. The minimum atomic E-state index is 0.890. The monoisotopic (exact) mass is 256 g/mol. The topological polar surface area (TPSA) is 15.3 Å². The van der Waals surface area contributed by atoms with Gasteiger partial charge in [-0.15, -0.1) is 0 Å². The first-order valence-electron chi connectivity index (χ1n) is 8.22. The van der Waals surface area contributed by atoms with Crippen molar-refractivity contribution in [3.63, 3.8) is 0 Å². The van der Waals surface area contributed by atoms with Crippen LogP contribution in [0.5, 0.6) is 0 Å². The molecule has 0 radical (unpaired) electrons. The molecule has 1 aliphatic heterocycles. The minimum Gasteiger partial charge on any atom is -0.314 e.